The van der Waals surface area contributed by atoms with Crippen molar-refractivity contribution in [3.05, 3.63) is 54.3 Å². The van der Waals surface area contributed by atoms with E-state index < -0.39 is 29.5 Å². The summed E-state index contributed by atoms with van der Waals surface area (Å²) in [6, 6.07) is 0. The summed E-state index contributed by atoms with van der Waals surface area (Å²) in [7, 11) is 2.82. The second-order valence-corrected chi connectivity index (χ2v) is 7.29. The average molecular weight is 505 g/mol. The lowest BCUT2D eigenvalue weighted by Crippen LogP contribution is -2.25. The molecule has 2 heterocycles. The summed E-state index contributed by atoms with van der Waals surface area (Å²) in [4.78, 5) is 47.6. The van der Waals surface area contributed by atoms with Crippen molar-refractivity contribution >= 4 is 35.1 Å². The van der Waals surface area contributed by atoms with Gasteiger partial charge in [0.2, 0.25) is 0 Å². The zero-order chi connectivity index (χ0) is 24.4. The molecule has 0 radical (unpaired) electrons. The predicted octanol–water partition coefficient (Wildman–Crippen LogP) is 0.576. The topological polar surface area (TPSA) is 141 Å². The molecule has 33 heavy (non-hydrogen) atoms. The van der Waals surface area contributed by atoms with E-state index in [0.717, 1.165) is 9.36 Å². The number of hydrogen-bond acceptors (Lipinski definition) is 10. The summed E-state index contributed by atoms with van der Waals surface area (Å²) < 4.78 is 21.7. The number of rotatable bonds is 12. The summed E-state index contributed by atoms with van der Waals surface area (Å²) in [5.41, 5.74) is -0.279. The molecule has 2 aromatic heterocycles. The predicted molar refractivity (Wildman–Crippen MR) is 115 cm³/mol. The maximum atomic E-state index is 12.0. The molecule has 0 saturated heterocycles. The molecule has 0 aliphatic carbocycles. The Balaban J connectivity index is 1.75. The first kappa shape index (κ1) is 26.5. The number of halogens is 2. The summed E-state index contributed by atoms with van der Waals surface area (Å²) in [5, 5.41) is 7.69. The molecule has 12 nitrogen and oxygen atoms in total. The Morgan fingerprint density at radius 1 is 0.818 bits per heavy atom. The van der Waals surface area contributed by atoms with E-state index in [9.17, 15) is 19.2 Å². The molecule has 0 fully saturated rings. The lowest BCUT2D eigenvalue weighted by atomic mass is 10.2. The second kappa shape index (κ2) is 13.0. The molecule has 0 spiro atoms. The van der Waals surface area contributed by atoms with Gasteiger partial charge in [0.05, 0.1) is 25.6 Å². The zero-order valence-electron chi connectivity index (χ0n) is 17.9. The van der Waals surface area contributed by atoms with Crippen LogP contribution in [0.1, 0.15) is 17.5 Å². The number of hydrogen-bond donors (Lipinski definition) is 0. The van der Waals surface area contributed by atoms with Crippen molar-refractivity contribution in [2.45, 2.75) is 32.7 Å². The van der Waals surface area contributed by atoms with Crippen LogP contribution in [0.4, 0.5) is 0 Å². The third-order valence-electron chi connectivity index (χ3n) is 4.17. The SMILES string of the molecule is COCn1ncc(CCOC(=O)CC(=O)OCCc2cnn(COC)c(=O)c2Cl)c(Cl)c1=O. The minimum atomic E-state index is -0.807. The van der Waals surface area contributed by atoms with Crippen LogP contribution in [0.15, 0.2) is 22.0 Å². The van der Waals surface area contributed by atoms with Gasteiger partial charge in [0, 0.05) is 27.1 Å². The van der Waals surface area contributed by atoms with Crippen molar-refractivity contribution in [2.24, 2.45) is 0 Å². The molecule has 0 saturated carbocycles. The number of aromatic nitrogens is 4. The summed E-state index contributed by atoms with van der Waals surface area (Å²) in [6.07, 6.45) is 2.41. The van der Waals surface area contributed by atoms with Gasteiger partial charge in [-0.05, 0) is 11.1 Å². The Morgan fingerprint density at radius 2 is 1.21 bits per heavy atom. The fourth-order valence-corrected chi connectivity index (χ4v) is 3.03. The molecule has 0 aliphatic rings. The van der Waals surface area contributed by atoms with Gasteiger partial charge in [-0.3, -0.25) is 19.2 Å². The first-order valence-corrected chi connectivity index (χ1v) is 10.3. The number of carbonyl (C=O) groups excluding carboxylic acids is 2. The highest BCUT2D eigenvalue weighted by Crippen LogP contribution is 2.11. The molecule has 0 unspecified atom stereocenters. The van der Waals surface area contributed by atoms with Crippen molar-refractivity contribution in [3.63, 3.8) is 0 Å². The van der Waals surface area contributed by atoms with Crippen LogP contribution in [0, 0.1) is 0 Å². The highest BCUT2D eigenvalue weighted by Gasteiger charge is 2.15. The second-order valence-electron chi connectivity index (χ2n) is 6.53. The summed E-state index contributed by atoms with van der Waals surface area (Å²) in [6.45, 7) is -0.315. The van der Waals surface area contributed by atoms with Crippen LogP contribution < -0.4 is 11.1 Å². The molecule has 0 bridgehead atoms. The van der Waals surface area contributed by atoms with Gasteiger partial charge in [-0.15, -0.1) is 0 Å². The van der Waals surface area contributed by atoms with Crippen LogP contribution in [0.2, 0.25) is 10.0 Å². The van der Waals surface area contributed by atoms with Crippen molar-refractivity contribution < 1.29 is 28.5 Å². The van der Waals surface area contributed by atoms with Crippen LogP contribution in [0.5, 0.6) is 0 Å². The number of esters is 2. The Bertz CT molecular complexity index is 1020. The van der Waals surface area contributed by atoms with Gasteiger partial charge >= 0.3 is 11.9 Å². The van der Waals surface area contributed by atoms with E-state index >= 15 is 0 Å². The lowest BCUT2D eigenvalue weighted by Gasteiger charge is -2.09. The van der Waals surface area contributed by atoms with Crippen molar-refractivity contribution in [1.29, 1.82) is 0 Å². The van der Waals surface area contributed by atoms with Gasteiger partial charge < -0.3 is 18.9 Å². The normalized spacial score (nSPS) is 10.8. The Hall–Kier alpha value is -2.80. The maximum absolute atomic E-state index is 12.0. The molecular weight excluding hydrogens is 483 g/mol. The van der Waals surface area contributed by atoms with Gasteiger partial charge in [0.25, 0.3) is 11.1 Å². The van der Waals surface area contributed by atoms with Gasteiger partial charge in [0.15, 0.2) is 0 Å². The van der Waals surface area contributed by atoms with E-state index in [2.05, 4.69) is 10.2 Å². The highest BCUT2D eigenvalue weighted by atomic mass is 35.5. The van der Waals surface area contributed by atoms with Gasteiger partial charge in [-0.1, -0.05) is 23.2 Å². The molecule has 0 amide bonds. The van der Waals surface area contributed by atoms with E-state index in [-0.39, 0.29) is 49.6 Å². The van der Waals surface area contributed by atoms with Crippen molar-refractivity contribution in [3.8, 4) is 0 Å². The smallest absolute Gasteiger partial charge is 0.317 e. The van der Waals surface area contributed by atoms with E-state index in [1.165, 1.54) is 26.6 Å². The van der Waals surface area contributed by atoms with Crippen LogP contribution in [-0.4, -0.2) is 58.9 Å². The maximum Gasteiger partial charge on any atom is 0.317 e. The average Bonchev–Trinajstić information content (AvgIpc) is 2.78. The molecular formula is C19H22Cl2N4O8. The third kappa shape index (κ3) is 7.63. The fourth-order valence-electron chi connectivity index (χ4n) is 2.54. The Labute approximate surface area is 197 Å². The lowest BCUT2D eigenvalue weighted by molar-refractivity contribution is -0.154. The zero-order valence-corrected chi connectivity index (χ0v) is 19.4. The fraction of sp³-hybridized carbons (Fsp3) is 0.474. The summed E-state index contributed by atoms with van der Waals surface area (Å²) in [5.74, 6) is -1.61. The van der Waals surface area contributed by atoms with Gasteiger partial charge in [-0.25, -0.2) is 9.36 Å². The van der Waals surface area contributed by atoms with E-state index in [1.807, 2.05) is 0 Å². The van der Waals surface area contributed by atoms with Crippen molar-refractivity contribution in [2.75, 3.05) is 27.4 Å². The largest absolute Gasteiger partial charge is 0.465 e. The molecule has 14 heteroatoms. The van der Waals surface area contributed by atoms with Crippen molar-refractivity contribution in [1.82, 2.24) is 19.6 Å². The minimum absolute atomic E-state index is 0.0468. The highest BCUT2D eigenvalue weighted by molar-refractivity contribution is 6.31. The quantitative estimate of drug-likeness (QED) is 0.297. The number of methoxy groups -OCH3 is 2. The standard InChI is InChI=1S/C19H22Cl2N4O8/c1-30-10-24-18(28)16(20)12(8-22-24)3-5-32-14(26)7-15(27)33-6-4-13-9-23-25(11-31-2)19(29)17(13)21/h8-9H,3-7,10-11H2,1-2H3. The minimum Gasteiger partial charge on any atom is -0.465 e. The first-order chi connectivity index (χ1) is 15.8. The van der Waals surface area contributed by atoms with Crippen LogP contribution >= 0.6 is 23.2 Å². The summed E-state index contributed by atoms with van der Waals surface area (Å²) >= 11 is 12.0. The molecule has 2 aromatic rings. The molecule has 0 aromatic carbocycles. The van der Waals surface area contributed by atoms with Crippen LogP contribution in [0.25, 0.3) is 0 Å². The van der Waals surface area contributed by atoms with Crippen LogP contribution in [-0.2, 0) is 54.8 Å². The molecule has 180 valence electrons. The van der Waals surface area contributed by atoms with E-state index in [0.29, 0.717) is 11.1 Å². The number of ether oxygens (including phenoxy) is 4. The van der Waals surface area contributed by atoms with Crippen LogP contribution in [0.3, 0.4) is 0 Å². The number of nitrogens with zero attached hydrogens (tertiary/aromatic N) is 4. The van der Waals surface area contributed by atoms with E-state index in [1.54, 1.807) is 0 Å². The third-order valence-corrected chi connectivity index (χ3v) is 4.98. The molecule has 0 atom stereocenters. The van der Waals surface area contributed by atoms with E-state index in [4.69, 9.17) is 42.1 Å². The van der Waals surface area contributed by atoms with Gasteiger partial charge in [-0.2, -0.15) is 10.2 Å². The molecule has 0 aliphatic heterocycles. The molecule has 0 N–H and O–H groups in total. The Kier molecular flexibility index (Phi) is 10.5. The molecule has 2 rings (SSSR count). The number of carbonyl (C=O) groups is 2. The first-order valence-electron chi connectivity index (χ1n) is 9.56. The monoisotopic (exact) mass is 504 g/mol. The Morgan fingerprint density at radius 3 is 1.58 bits per heavy atom. The van der Waals surface area contributed by atoms with Gasteiger partial charge in [0.1, 0.15) is 29.9 Å².